The first-order chi connectivity index (χ1) is 13.0. The van der Waals surface area contributed by atoms with Crippen LogP contribution in [0.2, 0.25) is 5.02 Å². The van der Waals surface area contributed by atoms with Gasteiger partial charge in [-0.2, -0.15) is 0 Å². The van der Waals surface area contributed by atoms with Crippen LogP contribution in [0.3, 0.4) is 0 Å². The Morgan fingerprint density at radius 1 is 1.22 bits per heavy atom. The van der Waals surface area contributed by atoms with Crippen LogP contribution >= 0.6 is 11.6 Å². The molecule has 0 aliphatic carbocycles. The molecule has 0 spiro atoms. The number of aromatic nitrogens is 1. The summed E-state index contributed by atoms with van der Waals surface area (Å²) in [4.78, 5) is 42.9. The number of likely N-dealkylation sites (tertiary alicyclic amines) is 2. The van der Waals surface area contributed by atoms with E-state index in [2.05, 4.69) is 4.98 Å². The molecule has 0 saturated carbocycles. The summed E-state index contributed by atoms with van der Waals surface area (Å²) in [6.45, 7) is 0.511. The monoisotopic (exact) mass is 389 g/mol. The Morgan fingerprint density at radius 3 is 2.78 bits per heavy atom. The zero-order valence-electron chi connectivity index (χ0n) is 14.3. The van der Waals surface area contributed by atoms with Gasteiger partial charge >= 0.3 is 0 Å². The number of nitrogens with zero attached hydrogens (tertiary/aromatic N) is 2. The maximum atomic E-state index is 14.1. The average molecular weight is 390 g/mol. The molecular formula is C19H17ClFN3O3. The quantitative estimate of drug-likeness (QED) is 0.874. The normalized spacial score (nSPS) is 21.6. The number of hydrogen-bond donors (Lipinski definition) is 1. The van der Waals surface area contributed by atoms with Crippen LogP contribution in [-0.4, -0.2) is 45.2 Å². The van der Waals surface area contributed by atoms with Crippen LogP contribution < -0.4 is 5.56 Å². The molecule has 0 bridgehead atoms. The highest BCUT2D eigenvalue weighted by atomic mass is 35.5. The molecule has 8 heteroatoms. The Labute approximate surface area is 159 Å². The Balaban J connectivity index is 1.57. The molecule has 2 aliphatic rings. The molecule has 2 aliphatic heterocycles. The number of amides is 2. The Bertz CT molecular complexity index is 956. The number of H-pyrrole nitrogens is 1. The first-order valence-corrected chi connectivity index (χ1v) is 9.06. The highest BCUT2D eigenvalue weighted by Gasteiger charge is 2.48. The molecule has 0 radical (unpaired) electrons. The van der Waals surface area contributed by atoms with Crippen molar-refractivity contribution >= 4 is 23.4 Å². The van der Waals surface area contributed by atoms with E-state index >= 15 is 0 Å². The minimum Gasteiger partial charge on any atom is -0.333 e. The van der Waals surface area contributed by atoms with Crippen LogP contribution in [0.1, 0.15) is 28.8 Å². The van der Waals surface area contributed by atoms with E-state index in [4.69, 9.17) is 11.6 Å². The van der Waals surface area contributed by atoms with Crippen molar-refractivity contribution in [3.05, 3.63) is 68.8 Å². The summed E-state index contributed by atoms with van der Waals surface area (Å²) in [6, 6.07) is 6.95. The first-order valence-electron chi connectivity index (χ1n) is 8.68. The van der Waals surface area contributed by atoms with Gasteiger partial charge in [0.2, 0.25) is 5.91 Å². The van der Waals surface area contributed by atoms with Gasteiger partial charge in [-0.3, -0.25) is 14.4 Å². The van der Waals surface area contributed by atoms with Gasteiger partial charge in [-0.15, -0.1) is 0 Å². The minimum atomic E-state index is -0.458. The molecule has 2 aromatic rings. The van der Waals surface area contributed by atoms with E-state index in [1.165, 1.54) is 24.4 Å². The van der Waals surface area contributed by atoms with Gasteiger partial charge in [0.1, 0.15) is 11.4 Å². The van der Waals surface area contributed by atoms with Crippen LogP contribution in [0.15, 0.2) is 41.3 Å². The van der Waals surface area contributed by atoms with Crippen molar-refractivity contribution in [1.29, 1.82) is 0 Å². The lowest BCUT2D eigenvalue weighted by Crippen LogP contribution is -2.41. The number of hydrogen-bond acceptors (Lipinski definition) is 3. The van der Waals surface area contributed by atoms with Gasteiger partial charge in [-0.1, -0.05) is 17.7 Å². The van der Waals surface area contributed by atoms with Crippen molar-refractivity contribution in [2.75, 3.05) is 6.54 Å². The van der Waals surface area contributed by atoms with E-state index in [9.17, 15) is 18.8 Å². The van der Waals surface area contributed by atoms with Crippen LogP contribution in [0, 0.1) is 5.82 Å². The van der Waals surface area contributed by atoms with Gasteiger partial charge in [-0.25, -0.2) is 4.39 Å². The van der Waals surface area contributed by atoms with E-state index in [0.717, 1.165) is 0 Å². The second-order valence-corrected chi connectivity index (χ2v) is 7.17. The predicted molar refractivity (Wildman–Crippen MR) is 96.9 cm³/mol. The zero-order chi connectivity index (χ0) is 19.1. The fourth-order valence-corrected chi connectivity index (χ4v) is 4.21. The topological polar surface area (TPSA) is 73.5 Å². The summed E-state index contributed by atoms with van der Waals surface area (Å²) in [5, 5.41) is 0.271. The Kier molecular flexibility index (Phi) is 4.47. The Hall–Kier alpha value is -2.67. The van der Waals surface area contributed by atoms with E-state index in [1.807, 2.05) is 0 Å². The van der Waals surface area contributed by atoms with Gasteiger partial charge in [0.05, 0.1) is 18.6 Å². The lowest BCUT2D eigenvalue weighted by molar-refractivity contribution is -0.129. The molecule has 2 amide bonds. The van der Waals surface area contributed by atoms with E-state index < -0.39 is 11.4 Å². The number of carbonyl (C=O) groups excluding carboxylic acids is 2. The molecule has 2 saturated heterocycles. The van der Waals surface area contributed by atoms with Crippen molar-refractivity contribution in [1.82, 2.24) is 14.8 Å². The van der Waals surface area contributed by atoms with E-state index in [1.54, 1.807) is 21.9 Å². The maximum absolute atomic E-state index is 14.1. The number of halogens is 2. The number of pyridine rings is 1. The number of rotatable bonds is 3. The number of benzene rings is 1. The molecule has 140 valence electrons. The van der Waals surface area contributed by atoms with Crippen molar-refractivity contribution < 1.29 is 14.0 Å². The standard InChI is InChI=1S/C19H17ClFN3O3/c20-13-4-1-5-14(21)12(13)10-24-15-6-8-23(16(15)9-17(24)25)19(27)11-3-2-7-22-18(11)26/h1-5,7,15-16H,6,8-10H2,(H,22,26)/t15-,16-/m0/s1. The van der Waals surface area contributed by atoms with Crippen LogP contribution in [0.5, 0.6) is 0 Å². The third-order valence-corrected chi connectivity index (χ3v) is 5.67. The molecule has 0 unspecified atom stereocenters. The lowest BCUT2D eigenvalue weighted by Gasteiger charge is -2.26. The van der Waals surface area contributed by atoms with Crippen LogP contribution in [-0.2, 0) is 11.3 Å². The molecule has 2 atom stereocenters. The molecule has 2 fully saturated rings. The molecule has 1 N–H and O–H groups in total. The fourth-order valence-electron chi connectivity index (χ4n) is 3.98. The zero-order valence-corrected chi connectivity index (χ0v) is 15.1. The number of fused-ring (bicyclic) bond motifs is 1. The predicted octanol–water partition coefficient (Wildman–Crippen LogP) is 2.18. The second kappa shape index (κ2) is 6.81. The summed E-state index contributed by atoms with van der Waals surface area (Å²) in [5.41, 5.74) is -0.121. The summed E-state index contributed by atoms with van der Waals surface area (Å²) in [6.07, 6.45) is 2.21. The summed E-state index contributed by atoms with van der Waals surface area (Å²) in [5.74, 6) is -0.993. The highest BCUT2D eigenvalue weighted by Crippen LogP contribution is 2.35. The maximum Gasteiger partial charge on any atom is 0.260 e. The number of aromatic amines is 1. The van der Waals surface area contributed by atoms with Crippen molar-refractivity contribution in [2.24, 2.45) is 0 Å². The van der Waals surface area contributed by atoms with Gasteiger partial charge in [0.15, 0.2) is 0 Å². The molecule has 27 heavy (non-hydrogen) atoms. The third-order valence-electron chi connectivity index (χ3n) is 5.31. The van der Waals surface area contributed by atoms with E-state index in [0.29, 0.717) is 13.0 Å². The van der Waals surface area contributed by atoms with Crippen molar-refractivity contribution in [3.8, 4) is 0 Å². The minimum absolute atomic E-state index is 0.0567. The summed E-state index contributed by atoms with van der Waals surface area (Å²) >= 11 is 6.09. The highest BCUT2D eigenvalue weighted by molar-refractivity contribution is 6.31. The molecular weight excluding hydrogens is 373 g/mol. The molecule has 1 aromatic heterocycles. The summed E-state index contributed by atoms with van der Waals surface area (Å²) in [7, 11) is 0. The molecule has 4 rings (SSSR count). The molecule has 1 aromatic carbocycles. The van der Waals surface area contributed by atoms with Crippen molar-refractivity contribution in [2.45, 2.75) is 31.5 Å². The van der Waals surface area contributed by atoms with Crippen molar-refractivity contribution in [3.63, 3.8) is 0 Å². The Morgan fingerprint density at radius 2 is 2.04 bits per heavy atom. The SMILES string of the molecule is O=C1C[C@H]2[C@H](CCN2C(=O)c2ccc[nH]c2=O)N1Cc1c(F)cccc1Cl. The van der Waals surface area contributed by atoms with Crippen LogP contribution in [0.25, 0.3) is 0 Å². The van der Waals surface area contributed by atoms with Gasteiger partial charge in [0.25, 0.3) is 11.5 Å². The number of nitrogens with one attached hydrogen (secondary N) is 1. The smallest absolute Gasteiger partial charge is 0.260 e. The largest absolute Gasteiger partial charge is 0.333 e. The average Bonchev–Trinajstić information content (AvgIpc) is 3.17. The number of carbonyl (C=O) groups is 2. The molecule has 3 heterocycles. The fraction of sp³-hybridized carbons (Fsp3) is 0.316. The summed E-state index contributed by atoms with van der Waals surface area (Å²) < 4.78 is 14.1. The third kappa shape index (κ3) is 3.02. The van der Waals surface area contributed by atoms with Gasteiger partial charge in [-0.05, 0) is 30.7 Å². The first kappa shape index (κ1) is 17.7. The van der Waals surface area contributed by atoms with Crippen LogP contribution in [0.4, 0.5) is 4.39 Å². The molecule has 6 nitrogen and oxygen atoms in total. The van der Waals surface area contributed by atoms with Gasteiger partial charge < -0.3 is 14.8 Å². The lowest BCUT2D eigenvalue weighted by atomic mass is 10.1. The second-order valence-electron chi connectivity index (χ2n) is 6.76. The van der Waals surface area contributed by atoms with E-state index in [-0.39, 0.29) is 53.0 Å². The van der Waals surface area contributed by atoms with Gasteiger partial charge in [0, 0.05) is 29.7 Å².